The molecule has 0 saturated carbocycles. The van der Waals surface area contributed by atoms with E-state index >= 15 is 0 Å². The number of hydrogen-bond donors (Lipinski definition) is 1. The summed E-state index contributed by atoms with van der Waals surface area (Å²) in [4.78, 5) is 0.0732. The van der Waals surface area contributed by atoms with Crippen LogP contribution in [0.25, 0.3) is 0 Å². The zero-order chi connectivity index (χ0) is 14.6. The number of aromatic nitrogens is 2. The molecule has 0 aliphatic rings. The summed E-state index contributed by atoms with van der Waals surface area (Å²) in [7, 11) is -3.61. The van der Waals surface area contributed by atoms with Gasteiger partial charge < -0.3 is 5.73 Å². The summed E-state index contributed by atoms with van der Waals surface area (Å²) in [6.45, 7) is 10.6. The molecule has 0 saturated heterocycles. The van der Waals surface area contributed by atoms with Gasteiger partial charge in [-0.3, -0.25) is 4.68 Å². The first-order valence-electron chi connectivity index (χ1n) is 6.30. The monoisotopic (exact) mass is 286 g/mol. The highest BCUT2D eigenvalue weighted by atomic mass is 32.2. The van der Waals surface area contributed by atoms with E-state index in [9.17, 15) is 8.42 Å². The minimum Gasteiger partial charge on any atom is -0.381 e. The second kappa shape index (κ2) is 6.21. The zero-order valence-corrected chi connectivity index (χ0v) is 12.6. The normalized spacial score (nSPS) is 12.0. The molecule has 6 nitrogen and oxygen atoms in total. The lowest BCUT2D eigenvalue weighted by atomic mass is 10.3. The first-order valence-corrected chi connectivity index (χ1v) is 7.74. The average Bonchev–Trinajstić information content (AvgIpc) is 2.68. The second-order valence-corrected chi connectivity index (χ2v) is 6.44. The number of nitrogens with zero attached hydrogens (tertiary/aromatic N) is 3. The fourth-order valence-corrected chi connectivity index (χ4v) is 3.34. The molecule has 0 aliphatic carbocycles. The van der Waals surface area contributed by atoms with Crippen LogP contribution in [0.15, 0.2) is 23.2 Å². The highest BCUT2D eigenvalue weighted by Crippen LogP contribution is 2.21. The first kappa shape index (κ1) is 15.7. The van der Waals surface area contributed by atoms with E-state index in [1.807, 2.05) is 6.92 Å². The van der Waals surface area contributed by atoms with Gasteiger partial charge in [0.15, 0.2) is 5.82 Å². The lowest BCUT2D eigenvalue weighted by Crippen LogP contribution is -2.32. The van der Waals surface area contributed by atoms with Crippen molar-refractivity contribution < 1.29 is 8.42 Å². The summed E-state index contributed by atoms with van der Waals surface area (Å²) < 4.78 is 27.9. The van der Waals surface area contributed by atoms with Gasteiger partial charge >= 0.3 is 0 Å². The van der Waals surface area contributed by atoms with Gasteiger partial charge in [-0.05, 0) is 13.3 Å². The Morgan fingerprint density at radius 1 is 1.53 bits per heavy atom. The van der Waals surface area contributed by atoms with Gasteiger partial charge in [-0.15, -0.1) is 0 Å². The average molecular weight is 286 g/mol. The number of nitrogen functional groups attached to an aromatic ring is 1. The third-order valence-electron chi connectivity index (χ3n) is 2.62. The summed E-state index contributed by atoms with van der Waals surface area (Å²) in [5.74, 6) is 0.0496. The molecule has 0 amide bonds. The molecular weight excluding hydrogens is 264 g/mol. The zero-order valence-electron chi connectivity index (χ0n) is 11.8. The highest BCUT2D eigenvalue weighted by molar-refractivity contribution is 7.89. The number of anilines is 1. The van der Waals surface area contributed by atoms with Crippen molar-refractivity contribution in [2.45, 2.75) is 38.6 Å². The van der Waals surface area contributed by atoms with Crippen LogP contribution in [0.2, 0.25) is 0 Å². The fourth-order valence-electron chi connectivity index (χ4n) is 1.77. The predicted octanol–water partition coefficient (Wildman–Crippen LogP) is 1.46. The predicted molar refractivity (Wildman–Crippen MR) is 76.2 cm³/mol. The molecular formula is C12H22N4O2S. The Morgan fingerprint density at radius 3 is 2.63 bits per heavy atom. The summed E-state index contributed by atoms with van der Waals surface area (Å²) >= 11 is 0. The Balaban J connectivity index is 3.14. The molecule has 0 aliphatic heterocycles. The van der Waals surface area contributed by atoms with Crippen molar-refractivity contribution in [2.24, 2.45) is 0 Å². The Morgan fingerprint density at radius 2 is 2.16 bits per heavy atom. The van der Waals surface area contributed by atoms with Crippen molar-refractivity contribution in [3.63, 3.8) is 0 Å². The van der Waals surface area contributed by atoms with Gasteiger partial charge in [0, 0.05) is 25.8 Å². The van der Waals surface area contributed by atoms with Gasteiger partial charge in [0.1, 0.15) is 4.90 Å². The Bertz CT molecular complexity index is 548. The summed E-state index contributed by atoms with van der Waals surface area (Å²) in [5, 5.41) is 4.03. The van der Waals surface area contributed by atoms with Crippen molar-refractivity contribution in [3.05, 3.63) is 18.3 Å². The molecule has 2 N–H and O–H groups in total. The molecule has 0 unspecified atom stereocenters. The molecule has 1 heterocycles. The standard InChI is InChI=1S/C12H22N4O2S/c1-5-7-15-9-11(12(13)14-15)19(17,18)16(6-2)8-10(3)4/h9H,3,5-8H2,1-2,4H3,(H2,13,14). The van der Waals surface area contributed by atoms with E-state index in [1.165, 1.54) is 10.5 Å². The number of nitrogens with two attached hydrogens (primary N) is 1. The third kappa shape index (κ3) is 3.57. The molecule has 0 bridgehead atoms. The Hall–Kier alpha value is -1.34. The van der Waals surface area contributed by atoms with Gasteiger partial charge in [0.25, 0.3) is 0 Å². The maximum Gasteiger partial charge on any atom is 0.248 e. The number of hydrogen-bond acceptors (Lipinski definition) is 4. The quantitative estimate of drug-likeness (QED) is 0.769. The van der Waals surface area contributed by atoms with Crippen LogP contribution in [0.1, 0.15) is 27.2 Å². The number of rotatable bonds is 7. The van der Waals surface area contributed by atoms with Crippen LogP contribution in [0, 0.1) is 0 Å². The highest BCUT2D eigenvalue weighted by Gasteiger charge is 2.27. The topological polar surface area (TPSA) is 81.2 Å². The molecule has 7 heteroatoms. The van der Waals surface area contributed by atoms with Gasteiger partial charge in [0.05, 0.1) is 0 Å². The fraction of sp³-hybridized carbons (Fsp3) is 0.583. The molecule has 108 valence electrons. The molecule has 0 fully saturated rings. The van der Waals surface area contributed by atoms with E-state index in [2.05, 4.69) is 11.7 Å². The SMILES string of the molecule is C=C(C)CN(CC)S(=O)(=O)c1cn(CCC)nc1N. The smallest absolute Gasteiger partial charge is 0.248 e. The molecule has 19 heavy (non-hydrogen) atoms. The van der Waals surface area contributed by atoms with Crippen molar-refractivity contribution in [1.82, 2.24) is 14.1 Å². The first-order chi connectivity index (χ1) is 8.82. The van der Waals surface area contributed by atoms with Crippen LogP contribution in [0.5, 0.6) is 0 Å². The molecule has 1 aromatic heterocycles. The van der Waals surface area contributed by atoms with E-state index < -0.39 is 10.0 Å². The van der Waals surface area contributed by atoms with E-state index in [0.717, 1.165) is 12.0 Å². The molecule has 0 radical (unpaired) electrons. The van der Waals surface area contributed by atoms with Crippen LogP contribution in [0.4, 0.5) is 5.82 Å². The second-order valence-electron chi connectivity index (χ2n) is 4.53. The molecule has 0 aromatic carbocycles. The number of sulfonamides is 1. The lowest BCUT2D eigenvalue weighted by molar-refractivity contribution is 0.453. The minimum absolute atomic E-state index is 0.0496. The van der Waals surface area contributed by atoms with Crippen LogP contribution in [0.3, 0.4) is 0 Å². The Labute approximate surface area is 114 Å². The maximum absolute atomic E-state index is 12.5. The van der Waals surface area contributed by atoms with E-state index in [0.29, 0.717) is 13.1 Å². The van der Waals surface area contributed by atoms with Gasteiger partial charge in [-0.2, -0.15) is 9.40 Å². The van der Waals surface area contributed by atoms with Gasteiger partial charge in [0.2, 0.25) is 10.0 Å². The Kier molecular flexibility index (Phi) is 5.13. The van der Waals surface area contributed by atoms with Crippen LogP contribution in [-0.2, 0) is 16.6 Å². The van der Waals surface area contributed by atoms with Crippen molar-refractivity contribution >= 4 is 15.8 Å². The van der Waals surface area contributed by atoms with Crippen molar-refractivity contribution in [2.75, 3.05) is 18.8 Å². The van der Waals surface area contributed by atoms with Crippen LogP contribution >= 0.6 is 0 Å². The molecule has 0 atom stereocenters. The maximum atomic E-state index is 12.5. The van der Waals surface area contributed by atoms with Crippen LogP contribution in [-0.4, -0.2) is 35.6 Å². The summed E-state index contributed by atoms with van der Waals surface area (Å²) in [6.07, 6.45) is 2.36. The minimum atomic E-state index is -3.61. The summed E-state index contributed by atoms with van der Waals surface area (Å²) in [5.41, 5.74) is 6.50. The molecule has 1 rings (SSSR count). The lowest BCUT2D eigenvalue weighted by Gasteiger charge is -2.19. The molecule has 0 spiro atoms. The van der Waals surface area contributed by atoms with Crippen molar-refractivity contribution in [3.8, 4) is 0 Å². The number of likely N-dealkylation sites (N-methyl/N-ethyl adjacent to an activating group) is 1. The molecule has 1 aromatic rings. The third-order valence-corrected chi connectivity index (χ3v) is 4.56. The van der Waals surface area contributed by atoms with Gasteiger partial charge in [-0.25, -0.2) is 8.42 Å². The summed E-state index contributed by atoms with van der Waals surface area (Å²) in [6, 6.07) is 0. The van der Waals surface area contributed by atoms with Crippen molar-refractivity contribution in [1.29, 1.82) is 0 Å². The van der Waals surface area contributed by atoms with E-state index in [1.54, 1.807) is 18.5 Å². The van der Waals surface area contributed by atoms with E-state index in [4.69, 9.17) is 5.73 Å². The largest absolute Gasteiger partial charge is 0.381 e. The van der Waals surface area contributed by atoms with Gasteiger partial charge in [-0.1, -0.05) is 26.0 Å². The van der Waals surface area contributed by atoms with Crippen LogP contribution < -0.4 is 5.73 Å². The van der Waals surface area contributed by atoms with E-state index in [-0.39, 0.29) is 17.3 Å². The number of aryl methyl sites for hydroxylation is 1.